The summed E-state index contributed by atoms with van der Waals surface area (Å²) in [6.07, 6.45) is -1.16. The summed E-state index contributed by atoms with van der Waals surface area (Å²) < 4.78 is 28.7. The van der Waals surface area contributed by atoms with Crippen molar-refractivity contribution in [3.63, 3.8) is 0 Å². The Morgan fingerprint density at radius 3 is 1.75 bits per heavy atom. The molecule has 96 valence electrons. The number of hydrogen-bond donors (Lipinski definition) is 4. The summed E-state index contributed by atoms with van der Waals surface area (Å²) in [5.74, 6) is -3.50. The van der Waals surface area contributed by atoms with Crippen molar-refractivity contribution >= 4 is 22.1 Å². The number of aliphatic carboxylic acids is 2. The first-order chi connectivity index (χ1) is 7.16. The zero-order valence-electron chi connectivity index (χ0n) is 8.23. The van der Waals surface area contributed by atoms with Crippen molar-refractivity contribution in [1.29, 1.82) is 0 Å². The summed E-state index contributed by atoms with van der Waals surface area (Å²) in [7, 11) is -4.84. The van der Waals surface area contributed by atoms with Crippen LogP contribution >= 0.6 is 0 Å². The second-order valence-corrected chi connectivity index (χ2v) is 3.96. The fraction of sp³-hybridized carbons (Fsp3) is 0.667. The first-order valence-corrected chi connectivity index (χ1v) is 5.34. The normalized spacial score (nSPS) is 12.2. The zero-order valence-corrected chi connectivity index (χ0v) is 9.05. The van der Waals surface area contributed by atoms with Crippen LogP contribution in [0.5, 0.6) is 0 Å². The fourth-order valence-electron chi connectivity index (χ4n) is 0.479. The minimum absolute atomic E-state index is 0.375. The van der Waals surface area contributed by atoms with Crippen LogP contribution < -0.4 is 0 Å². The molecule has 0 aliphatic rings. The van der Waals surface area contributed by atoms with Crippen molar-refractivity contribution in [1.82, 2.24) is 0 Å². The lowest BCUT2D eigenvalue weighted by Crippen LogP contribution is -2.31. The van der Waals surface area contributed by atoms with Crippen molar-refractivity contribution in [2.24, 2.45) is 0 Å². The van der Waals surface area contributed by atoms with Crippen LogP contribution in [0.4, 0.5) is 0 Å². The monoisotopic (exact) mass is 260 g/mol. The molecular weight excluding hydrogens is 248 g/mol. The predicted molar refractivity (Wildman–Crippen MR) is 49.5 cm³/mol. The molecule has 1 unspecified atom stereocenters. The smallest absolute Gasteiger partial charge is 0.325 e. The largest absolute Gasteiger partial charge is 0.481 e. The molecule has 0 amide bonds. The van der Waals surface area contributed by atoms with Crippen molar-refractivity contribution in [2.75, 3.05) is 6.61 Å². The van der Waals surface area contributed by atoms with Crippen LogP contribution in [0, 0.1) is 0 Å². The second kappa shape index (κ2) is 7.98. The van der Waals surface area contributed by atoms with Crippen molar-refractivity contribution < 1.29 is 42.9 Å². The van der Waals surface area contributed by atoms with Crippen LogP contribution in [0.15, 0.2) is 0 Å². The first-order valence-electron chi connectivity index (χ1n) is 3.84. The van der Waals surface area contributed by atoms with E-state index in [0.717, 1.165) is 0 Å². The summed E-state index contributed by atoms with van der Waals surface area (Å²) in [5.41, 5.74) is 0. The maximum Gasteiger partial charge on any atom is 0.325 e. The number of hydrogen-bond acceptors (Lipinski definition) is 6. The van der Waals surface area contributed by atoms with Gasteiger partial charge in [-0.3, -0.25) is 19.4 Å². The van der Waals surface area contributed by atoms with Crippen LogP contribution in [0.3, 0.4) is 0 Å². The molecule has 0 heterocycles. The number of carboxylic acids is 2. The Kier molecular flexibility index (Phi) is 8.57. The van der Waals surface area contributed by atoms with Gasteiger partial charge in [-0.05, 0) is 6.92 Å². The maximum absolute atomic E-state index is 10.2. The predicted octanol–water partition coefficient (Wildman–Crippen LogP) is -0.702. The molecule has 0 aliphatic carbocycles. The molecule has 0 bridgehead atoms. The van der Waals surface area contributed by atoms with Gasteiger partial charge in [0.1, 0.15) is 0 Å². The van der Waals surface area contributed by atoms with Gasteiger partial charge in [0.05, 0.1) is 13.0 Å². The topological polar surface area (TPSA) is 158 Å². The number of carboxylic acid groups (broad SMARTS) is 2. The third-order valence-electron chi connectivity index (χ3n) is 1.12. The van der Waals surface area contributed by atoms with Gasteiger partial charge in [-0.2, -0.15) is 8.42 Å². The molecule has 1 atom stereocenters. The lowest BCUT2D eigenvalue weighted by Gasteiger charge is -2.04. The third kappa shape index (κ3) is 9.33. The van der Waals surface area contributed by atoms with E-state index in [0.29, 0.717) is 6.61 Å². The van der Waals surface area contributed by atoms with E-state index in [1.807, 2.05) is 0 Å². The van der Waals surface area contributed by atoms with E-state index in [1.165, 1.54) is 0 Å². The van der Waals surface area contributed by atoms with Crippen molar-refractivity contribution in [2.45, 2.75) is 18.6 Å². The van der Waals surface area contributed by atoms with E-state index < -0.39 is 33.7 Å². The highest BCUT2D eigenvalue weighted by Gasteiger charge is 2.33. The quantitative estimate of drug-likeness (QED) is 0.284. The van der Waals surface area contributed by atoms with Gasteiger partial charge < -0.3 is 10.2 Å². The van der Waals surface area contributed by atoms with Crippen LogP contribution in [-0.2, 0) is 24.6 Å². The zero-order chi connectivity index (χ0) is 13.4. The van der Waals surface area contributed by atoms with E-state index in [1.54, 1.807) is 6.92 Å². The molecular formula is C6H12O9S. The van der Waals surface area contributed by atoms with Gasteiger partial charge in [0.25, 0.3) is 10.1 Å². The van der Waals surface area contributed by atoms with E-state index >= 15 is 0 Å². The van der Waals surface area contributed by atoms with Crippen molar-refractivity contribution in [3.8, 4) is 0 Å². The Morgan fingerprint density at radius 1 is 1.31 bits per heavy atom. The molecule has 0 aliphatic heterocycles. The lowest BCUT2D eigenvalue weighted by molar-refractivity contribution is -0.237. The highest BCUT2D eigenvalue weighted by atomic mass is 32.2. The SMILES string of the molecule is CCOO.O=C(O)CC(C(=O)O)S(=O)(=O)O. The molecule has 0 spiro atoms. The molecule has 0 saturated carbocycles. The molecule has 0 radical (unpaired) electrons. The number of carbonyl (C=O) groups is 2. The van der Waals surface area contributed by atoms with Gasteiger partial charge in [-0.25, -0.2) is 4.89 Å². The van der Waals surface area contributed by atoms with Gasteiger partial charge in [-0.15, -0.1) is 0 Å². The van der Waals surface area contributed by atoms with E-state index in [-0.39, 0.29) is 0 Å². The van der Waals surface area contributed by atoms with Gasteiger partial charge in [0.15, 0.2) is 5.25 Å². The van der Waals surface area contributed by atoms with Gasteiger partial charge in [-0.1, -0.05) is 0 Å². The molecule has 0 aromatic rings. The molecule has 0 fully saturated rings. The Labute approximate surface area is 90.9 Å². The summed E-state index contributed by atoms with van der Waals surface area (Å²) in [6.45, 7) is 2.08. The minimum Gasteiger partial charge on any atom is -0.481 e. The highest BCUT2D eigenvalue weighted by molar-refractivity contribution is 7.87. The molecule has 9 nitrogen and oxygen atoms in total. The molecule has 0 aromatic heterocycles. The Balaban J connectivity index is 0. The molecule has 4 N–H and O–H groups in total. The summed E-state index contributed by atoms with van der Waals surface area (Å²) in [5, 5.41) is 21.3. The fourth-order valence-corrected chi connectivity index (χ4v) is 1.09. The maximum atomic E-state index is 10.2. The molecule has 0 rings (SSSR count). The average Bonchev–Trinajstić information content (AvgIpc) is 2.12. The average molecular weight is 260 g/mol. The Hall–Kier alpha value is -1.23. The minimum atomic E-state index is -4.84. The molecule has 0 aromatic carbocycles. The summed E-state index contributed by atoms with van der Waals surface area (Å²) in [6, 6.07) is 0. The van der Waals surface area contributed by atoms with Gasteiger partial charge in [0.2, 0.25) is 0 Å². The van der Waals surface area contributed by atoms with Gasteiger partial charge >= 0.3 is 11.9 Å². The third-order valence-corrected chi connectivity index (χ3v) is 2.21. The van der Waals surface area contributed by atoms with E-state index in [4.69, 9.17) is 20.0 Å². The molecule has 16 heavy (non-hydrogen) atoms. The summed E-state index contributed by atoms with van der Waals surface area (Å²) in [4.78, 5) is 23.5. The van der Waals surface area contributed by atoms with Crippen LogP contribution in [0.2, 0.25) is 0 Å². The second-order valence-electron chi connectivity index (χ2n) is 2.36. The van der Waals surface area contributed by atoms with E-state index in [2.05, 4.69) is 4.89 Å². The van der Waals surface area contributed by atoms with Crippen LogP contribution in [0.25, 0.3) is 0 Å². The number of rotatable bonds is 5. The summed E-state index contributed by atoms with van der Waals surface area (Å²) >= 11 is 0. The molecule has 10 heteroatoms. The van der Waals surface area contributed by atoms with Crippen LogP contribution in [0.1, 0.15) is 13.3 Å². The standard InChI is InChI=1S/C4H6O7S.C2H6O2/c5-3(6)1-2(4(7)8)12(9,10)11;1-2-4-3/h2H,1H2,(H,5,6)(H,7,8)(H,9,10,11);3H,2H2,1H3. The van der Waals surface area contributed by atoms with Crippen molar-refractivity contribution in [3.05, 3.63) is 0 Å². The first kappa shape index (κ1) is 17.2. The Bertz CT molecular complexity index is 317. The Morgan fingerprint density at radius 2 is 1.69 bits per heavy atom. The lowest BCUT2D eigenvalue weighted by atomic mass is 10.3. The van der Waals surface area contributed by atoms with Gasteiger partial charge in [0, 0.05) is 0 Å². The van der Waals surface area contributed by atoms with Crippen LogP contribution in [-0.4, -0.2) is 52.2 Å². The molecule has 0 saturated heterocycles. The van der Waals surface area contributed by atoms with E-state index in [9.17, 15) is 18.0 Å². The highest BCUT2D eigenvalue weighted by Crippen LogP contribution is 2.04.